The van der Waals surface area contributed by atoms with Gasteiger partial charge in [0.15, 0.2) is 0 Å². The lowest BCUT2D eigenvalue weighted by Crippen LogP contribution is -2.17. The van der Waals surface area contributed by atoms with Crippen molar-refractivity contribution >= 4 is 5.97 Å². The predicted octanol–water partition coefficient (Wildman–Crippen LogP) is 2.49. The molecule has 17 heavy (non-hydrogen) atoms. The standard InChI is InChI=1S/C14H20O3/c1-3-17-14(16)10-13(15)9-11(2)12-7-5-4-6-8-12/h4-8,11,13,15H,3,9-10H2,1-2H3. The van der Waals surface area contributed by atoms with Crippen molar-refractivity contribution in [3.8, 4) is 0 Å². The first-order chi connectivity index (χ1) is 8.13. The first kappa shape index (κ1) is 13.7. The van der Waals surface area contributed by atoms with E-state index in [2.05, 4.69) is 0 Å². The maximum Gasteiger partial charge on any atom is 0.308 e. The Bertz CT molecular complexity index is 335. The van der Waals surface area contributed by atoms with Crippen molar-refractivity contribution in [1.82, 2.24) is 0 Å². The third-order valence-corrected chi connectivity index (χ3v) is 2.70. The molecule has 0 bridgehead atoms. The Morgan fingerprint density at radius 2 is 2.00 bits per heavy atom. The molecule has 0 radical (unpaired) electrons. The molecular formula is C14H20O3. The third-order valence-electron chi connectivity index (χ3n) is 2.70. The van der Waals surface area contributed by atoms with Crippen LogP contribution in [0.1, 0.15) is 38.2 Å². The van der Waals surface area contributed by atoms with Gasteiger partial charge in [-0.2, -0.15) is 0 Å². The molecule has 0 aliphatic rings. The average Bonchev–Trinajstić information content (AvgIpc) is 2.30. The molecule has 0 saturated carbocycles. The van der Waals surface area contributed by atoms with E-state index in [1.54, 1.807) is 6.92 Å². The summed E-state index contributed by atoms with van der Waals surface area (Å²) in [6, 6.07) is 9.97. The lowest BCUT2D eigenvalue weighted by molar-refractivity contribution is -0.145. The van der Waals surface area contributed by atoms with Gasteiger partial charge in [0.2, 0.25) is 0 Å². The second kappa shape index (κ2) is 7.07. The van der Waals surface area contributed by atoms with Crippen molar-refractivity contribution in [1.29, 1.82) is 0 Å². The first-order valence-corrected chi connectivity index (χ1v) is 6.02. The Balaban J connectivity index is 2.41. The lowest BCUT2D eigenvalue weighted by atomic mass is 9.94. The van der Waals surface area contributed by atoms with Crippen molar-refractivity contribution in [2.24, 2.45) is 0 Å². The van der Waals surface area contributed by atoms with Crippen LogP contribution in [0.4, 0.5) is 0 Å². The van der Waals surface area contributed by atoms with Gasteiger partial charge in [0, 0.05) is 0 Å². The number of esters is 1. The van der Waals surface area contributed by atoms with E-state index in [0.717, 1.165) is 0 Å². The summed E-state index contributed by atoms with van der Waals surface area (Å²) in [6.45, 7) is 4.17. The largest absolute Gasteiger partial charge is 0.466 e. The molecule has 0 amide bonds. The smallest absolute Gasteiger partial charge is 0.308 e. The van der Waals surface area contributed by atoms with Crippen LogP contribution in [0.5, 0.6) is 0 Å². The number of rotatable bonds is 6. The molecule has 94 valence electrons. The minimum absolute atomic E-state index is 0.0744. The summed E-state index contributed by atoms with van der Waals surface area (Å²) in [7, 11) is 0. The minimum atomic E-state index is -0.635. The molecule has 1 N–H and O–H groups in total. The molecule has 0 aliphatic heterocycles. The summed E-state index contributed by atoms with van der Waals surface area (Å²) < 4.78 is 4.80. The summed E-state index contributed by atoms with van der Waals surface area (Å²) in [6.07, 6.45) is 0.0117. The fourth-order valence-corrected chi connectivity index (χ4v) is 1.82. The monoisotopic (exact) mass is 236 g/mol. The third kappa shape index (κ3) is 5.00. The zero-order chi connectivity index (χ0) is 12.7. The minimum Gasteiger partial charge on any atom is -0.466 e. The van der Waals surface area contributed by atoms with E-state index < -0.39 is 6.10 Å². The number of hydrogen-bond donors (Lipinski definition) is 1. The van der Waals surface area contributed by atoms with Crippen LogP contribution in [0.2, 0.25) is 0 Å². The van der Waals surface area contributed by atoms with Crippen LogP contribution in [-0.4, -0.2) is 23.8 Å². The van der Waals surface area contributed by atoms with Crippen LogP contribution in [0, 0.1) is 0 Å². The Kier molecular flexibility index (Phi) is 5.70. The van der Waals surface area contributed by atoms with Gasteiger partial charge in [-0.05, 0) is 24.8 Å². The molecule has 0 aliphatic carbocycles. The molecule has 2 atom stereocenters. The number of carbonyl (C=O) groups is 1. The first-order valence-electron chi connectivity index (χ1n) is 6.02. The van der Waals surface area contributed by atoms with E-state index in [-0.39, 0.29) is 18.3 Å². The van der Waals surface area contributed by atoms with Crippen LogP contribution >= 0.6 is 0 Å². The summed E-state index contributed by atoms with van der Waals surface area (Å²) in [5.41, 5.74) is 1.18. The molecule has 0 fully saturated rings. The number of ether oxygens (including phenoxy) is 1. The summed E-state index contributed by atoms with van der Waals surface area (Å²) in [5.74, 6) is -0.0964. The van der Waals surface area contributed by atoms with E-state index in [4.69, 9.17) is 4.74 Å². The van der Waals surface area contributed by atoms with Crippen molar-refractivity contribution < 1.29 is 14.6 Å². The highest BCUT2D eigenvalue weighted by Gasteiger charge is 2.15. The van der Waals surface area contributed by atoms with Gasteiger partial charge in [0.25, 0.3) is 0 Å². The average molecular weight is 236 g/mol. The van der Waals surface area contributed by atoms with Gasteiger partial charge >= 0.3 is 5.97 Å². The van der Waals surface area contributed by atoms with Gasteiger partial charge in [-0.1, -0.05) is 37.3 Å². The lowest BCUT2D eigenvalue weighted by Gasteiger charge is -2.16. The second-order valence-electron chi connectivity index (χ2n) is 4.21. The summed E-state index contributed by atoms with van der Waals surface area (Å²) in [4.78, 5) is 11.2. The Morgan fingerprint density at radius 3 is 2.59 bits per heavy atom. The molecular weight excluding hydrogens is 216 g/mol. The molecule has 0 aromatic heterocycles. The van der Waals surface area contributed by atoms with Gasteiger partial charge in [0.1, 0.15) is 0 Å². The molecule has 3 heteroatoms. The fourth-order valence-electron chi connectivity index (χ4n) is 1.82. The van der Waals surface area contributed by atoms with Crippen molar-refractivity contribution in [2.75, 3.05) is 6.61 Å². The molecule has 3 nitrogen and oxygen atoms in total. The van der Waals surface area contributed by atoms with Crippen LogP contribution in [0.25, 0.3) is 0 Å². The highest BCUT2D eigenvalue weighted by Crippen LogP contribution is 2.21. The summed E-state index contributed by atoms with van der Waals surface area (Å²) >= 11 is 0. The normalized spacial score (nSPS) is 14.1. The zero-order valence-corrected chi connectivity index (χ0v) is 10.4. The highest BCUT2D eigenvalue weighted by atomic mass is 16.5. The molecule has 2 unspecified atom stereocenters. The Labute approximate surface area is 102 Å². The number of aliphatic hydroxyl groups is 1. The Hall–Kier alpha value is -1.35. The van der Waals surface area contributed by atoms with Gasteiger partial charge < -0.3 is 9.84 Å². The van der Waals surface area contributed by atoms with Gasteiger partial charge in [-0.15, -0.1) is 0 Å². The SMILES string of the molecule is CCOC(=O)CC(O)CC(C)c1ccccc1. The number of benzene rings is 1. The maximum absolute atomic E-state index is 11.2. The Morgan fingerprint density at radius 1 is 1.35 bits per heavy atom. The maximum atomic E-state index is 11.2. The summed E-state index contributed by atoms with van der Waals surface area (Å²) in [5, 5.41) is 9.78. The highest BCUT2D eigenvalue weighted by molar-refractivity contribution is 5.69. The van der Waals surface area contributed by atoms with Gasteiger partial charge in [-0.3, -0.25) is 4.79 Å². The molecule has 0 heterocycles. The van der Waals surface area contributed by atoms with Crippen molar-refractivity contribution in [3.63, 3.8) is 0 Å². The topological polar surface area (TPSA) is 46.5 Å². The van der Waals surface area contributed by atoms with E-state index in [0.29, 0.717) is 13.0 Å². The fraction of sp³-hybridized carbons (Fsp3) is 0.500. The number of carbonyl (C=O) groups excluding carboxylic acids is 1. The van der Waals surface area contributed by atoms with Crippen LogP contribution in [-0.2, 0) is 9.53 Å². The molecule has 0 spiro atoms. The van der Waals surface area contributed by atoms with Crippen molar-refractivity contribution in [2.45, 2.75) is 38.7 Å². The predicted molar refractivity (Wildman–Crippen MR) is 66.7 cm³/mol. The molecule has 1 rings (SSSR count). The van der Waals surface area contributed by atoms with Crippen LogP contribution in [0.15, 0.2) is 30.3 Å². The molecule has 0 saturated heterocycles. The quantitative estimate of drug-likeness (QED) is 0.772. The van der Waals surface area contributed by atoms with Gasteiger partial charge in [0.05, 0.1) is 19.1 Å². The zero-order valence-electron chi connectivity index (χ0n) is 10.4. The molecule has 1 aromatic carbocycles. The van der Waals surface area contributed by atoms with E-state index in [9.17, 15) is 9.90 Å². The van der Waals surface area contributed by atoms with E-state index in [1.165, 1.54) is 5.56 Å². The number of aliphatic hydroxyl groups excluding tert-OH is 1. The van der Waals surface area contributed by atoms with Crippen LogP contribution < -0.4 is 0 Å². The van der Waals surface area contributed by atoms with Gasteiger partial charge in [-0.25, -0.2) is 0 Å². The van der Waals surface area contributed by atoms with E-state index >= 15 is 0 Å². The molecule has 1 aromatic rings. The van der Waals surface area contributed by atoms with E-state index in [1.807, 2.05) is 37.3 Å². The second-order valence-corrected chi connectivity index (χ2v) is 4.21. The van der Waals surface area contributed by atoms with Crippen LogP contribution in [0.3, 0.4) is 0 Å². The number of hydrogen-bond acceptors (Lipinski definition) is 3. The van der Waals surface area contributed by atoms with Crippen molar-refractivity contribution in [3.05, 3.63) is 35.9 Å².